The summed E-state index contributed by atoms with van der Waals surface area (Å²) in [7, 11) is 0. The third-order valence-electron chi connectivity index (χ3n) is 12.2. The first-order chi connectivity index (χ1) is 28.8. The van der Waals surface area contributed by atoms with Gasteiger partial charge in [0.1, 0.15) is 11.2 Å². The van der Waals surface area contributed by atoms with Crippen LogP contribution < -0.4 is 9.80 Å². The zero-order valence-electron chi connectivity index (χ0n) is 31.6. The molecule has 3 heteroatoms. The molecule has 58 heavy (non-hydrogen) atoms. The van der Waals surface area contributed by atoms with Gasteiger partial charge in [-0.3, -0.25) is 0 Å². The molecule has 2 aliphatic carbocycles. The zero-order chi connectivity index (χ0) is 38.2. The van der Waals surface area contributed by atoms with E-state index in [-0.39, 0.29) is 0 Å². The quantitative estimate of drug-likeness (QED) is 0.169. The zero-order valence-corrected chi connectivity index (χ0v) is 31.6. The van der Waals surface area contributed by atoms with Crippen molar-refractivity contribution in [1.29, 1.82) is 0 Å². The van der Waals surface area contributed by atoms with E-state index >= 15 is 0 Å². The van der Waals surface area contributed by atoms with Gasteiger partial charge in [0.05, 0.1) is 16.5 Å². The van der Waals surface area contributed by atoms with Crippen LogP contribution in [0.2, 0.25) is 0 Å². The molecule has 272 valence electrons. The molecular weight excluding hydrogens is 705 g/mol. The Morgan fingerprint density at radius 1 is 0.310 bits per heavy atom. The normalized spacial score (nSPS) is 14.6. The van der Waals surface area contributed by atoms with Crippen LogP contribution in [-0.4, -0.2) is 0 Å². The molecule has 1 atom stereocenters. The minimum atomic E-state index is -0.475. The van der Waals surface area contributed by atoms with Crippen LogP contribution in [0.25, 0.3) is 44.2 Å². The van der Waals surface area contributed by atoms with Gasteiger partial charge in [0.2, 0.25) is 0 Å². The first kappa shape index (κ1) is 32.6. The first-order valence-electron chi connectivity index (χ1n) is 19.9. The molecule has 0 fully saturated rings. The van der Waals surface area contributed by atoms with Crippen molar-refractivity contribution in [2.45, 2.75) is 5.41 Å². The number of hydrogen-bond acceptors (Lipinski definition) is 3. The Morgan fingerprint density at radius 2 is 0.759 bits per heavy atom. The summed E-state index contributed by atoms with van der Waals surface area (Å²) in [5.41, 5.74) is 18.3. The molecule has 3 nitrogen and oxygen atoms in total. The average Bonchev–Trinajstić information content (AvgIpc) is 3.92. The third-order valence-corrected chi connectivity index (χ3v) is 12.2. The Balaban J connectivity index is 1.08. The van der Waals surface area contributed by atoms with E-state index in [0.717, 1.165) is 56.1 Å². The molecule has 0 saturated heterocycles. The molecule has 1 spiro atoms. The Kier molecular flexibility index (Phi) is 7.14. The van der Waals surface area contributed by atoms with E-state index in [9.17, 15) is 0 Å². The Labute approximate surface area is 337 Å². The number of fused-ring (bicyclic) bond motifs is 13. The first-order valence-corrected chi connectivity index (χ1v) is 19.9. The molecule has 0 N–H and O–H groups in total. The van der Waals surface area contributed by atoms with Crippen LogP contribution in [0.4, 0.5) is 34.1 Å². The number of nitrogens with zero attached hydrogens (tertiary/aromatic N) is 2. The maximum Gasteiger partial charge on any atom is 0.137 e. The monoisotopic (exact) mass is 740 g/mol. The van der Waals surface area contributed by atoms with Gasteiger partial charge in [-0.05, 0) is 123 Å². The summed E-state index contributed by atoms with van der Waals surface area (Å²) in [5, 5.41) is 2.21. The fraction of sp³-hybridized carbons (Fsp3) is 0.0182. The molecular formula is C55H36N2O. The van der Waals surface area contributed by atoms with Crippen LogP contribution in [0.3, 0.4) is 0 Å². The number of hydrogen-bond donors (Lipinski definition) is 0. The molecule has 0 bridgehead atoms. The van der Waals surface area contributed by atoms with Crippen LogP contribution in [0.5, 0.6) is 0 Å². The Morgan fingerprint density at radius 3 is 1.34 bits per heavy atom. The summed E-state index contributed by atoms with van der Waals surface area (Å²) < 4.78 is 6.41. The van der Waals surface area contributed by atoms with E-state index in [0.29, 0.717) is 0 Å². The maximum atomic E-state index is 6.41. The van der Waals surface area contributed by atoms with Gasteiger partial charge in [0.25, 0.3) is 0 Å². The van der Waals surface area contributed by atoms with Crippen molar-refractivity contribution in [3.05, 3.63) is 241 Å². The van der Waals surface area contributed by atoms with Crippen molar-refractivity contribution >= 4 is 56.1 Å². The highest BCUT2D eigenvalue weighted by Gasteiger charge is 2.51. The lowest BCUT2D eigenvalue weighted by Gasteiger charge is -2.32. The molecule has 1 aromatic heterocycles. The van der Waals surface area contributed by atoms with E-state index in [4.69, 9.17) is 4.42 Å². The molecule has 0 aliphatic heterocycles. The summed E-state index contributed by atoms with van der Waals surface area (Å²) >= 11 is 0. The highest BCUT2D eigenvalue weighted by atomic mass is 16.3. The van der Waals surface area contributed by atoms with Crippen LogP contribution >= 0.6 is 0 Å². The summed E-state index contributed by atoms with van der Waals surface area (Å²) in [5.74, 6) is 0. The molecule has 2 aliphatic rings. The fourth-order valence-corrected chi connectivity index (χ4v) is 9.95. The summed E-state index contributed by atoms with van der Waals surface area (Å²) in [4.78, 5) is 4.75. The van der Waals surface area contributed by atoms with Crippen molar-refractivity contribution in [3.63, 3.8) is 0 Å². The number of para-hydroxylation sites is 4. The summed E-state index contributed by atoms with van der Waals surface area (Å²) in [6.07, 6.45) is 0. The van der Waals surface area contributed by atoms with Crippen molar-refractivity contribution in [3.8, 4) is 22.3 Å². The van der Waals surface area contributed by atoms with Gasteiger partial charge in [0, 0.05) is 33.8 Å². The number of anilines is 6. The molecule has 9 aromatic carbocycles. The maximum absolute atomic E-state index is 6.41. The van der Waals surface area contributed by atoms with Crippen molar-refractivity contribution in [2.75, 3.05) is 9.80 Å². The largest absolute Gasteiger partial charge is 0.456 e. The molecule has 1 unspecified atom stereocenters. The smallest absolute Gasteiger partial charge is 0.137 e. The van der Waals surface area contributed by atoms with Gasteiger partial charge in [-0.25, -0.2) is 0 Å². The minimum Gasteiger partial charge on any atom is -0.456 e. The van der Waals surface area contributed by atoms with E-state index in [2.05, 4.69) is 222 Å². The lowest BCUT2D eigenvalue weighted by Crippen LogP contribution is -2.26. The van der Waals surface area contributed by atoms with E-state index in [1.165, 1.54) is 44.5 Å². The fourth-order valence-electron chi connectivity index (χ4n) is 9.95. The second-order valence-corrected chi connectivity index (χ2v) is 15.2. The van der Waals surface area contributed by atoms with Crippen LogP contribution in [0, 0.1) is 0 Å². The average molecular weight is 741 g/mol. The Hall–Kier alpha value is -7.62. The lowest BCUT2D eigenvalue weighted by atomic mass is 9.70. The predicted octanol–water partition coefficient (Wildman–Crippen LogP) is 14.9. The summed E-state index contributed by atoms with van der Waals surface area (Å²) in [6, 6.07) is 79.1. The van der Waals surface area contributed by atoms with Gasteiger partial charge >= 0.3 is 0 Å². The minimum absolute atomic E-state index is 0.475. The molecule has 1 heterocycles. The SMILES string of the molecule is c1ccc(N(c2ccccc2)c2ccc3c(c2)-c2ccccc2C32c3ccccc3-c3cc(N(c4ccccc4)c4cccc5oc6ccccc6c45)ccc32)cc1. The van der Waals surface area contributed by atoms with Crippen LogP contribution in [0.15, 0.2) is 223 Å². The topological polar surface area (TPSA) is 19.6 Å². The highest BCUT2D eigenvalue weighted by Crippen LogP contribution is 2.64. The molecule has 10 aromatic rings. The lowest BCUT2D eigenvalue weighted by molar-refractivity contribution is 0.669. The number of benzene rings is 9. The molecule has 0 radical (unpaired) electrons. The van der Waals surface area contributed by atoms with E-state index < -0.39 is 5.41 Å². The van der Waals surface area contributed by atoms with Crippen LogP contribution in [-0.2, 0) is 5.41 Å². The summed E-state index contributed by atoms with van der Waals surface area (Å²) in [6.45, 7) is 0. The van der Waals surface area contributed by atoms with Gasteiger partial charge in [-0.2, -0.15) is 0 Å². The molecule has 12 rings (SSSR count). The molecule has 0 amide bonds. The van der Waals surface area contributed by atoms with E-state index in [1.807, 2.05) is 6.07 Å². The van der Waals surface area contributed by atoms with Crippen molar-refractivity contribution < 1.29 is 4.42 Å². The van der Waals surface area contributed by atoms with Crippen LogP contribution in [0.1, 0.15) is 22.3 Å². The van der Waals surface area contributed by atoms with Gasteiger partial charge in [0.15, 0.2) is 0 Å². The van der Waals surface area contributed by atoms with Gasteiger partial charge in [-0.1, -0.05) is 140 Å². The Bertz CT molecular complexity index is 3150. The second kappa shape index (κ2) is 12.7. The van der Waals surface area contributed by atoms with Crippen molar-refractivity contribution in [2.24, 2.45) is 0 Å². The second-order valence-electron chi connectivity index (χ2n) is 15.2. The van der Waals surface area contributed by atoms with E-state index in [1.54, 1.807) is 0 Å². The highest BCUT2D eigenvalue weighted by molar-refractivity contribution is 6.13. The standard InChI is InChI=1S/C55H36N2O/c1-4-17-37(18-5-1)56(38-19-6-2-7-20-38)40-31-33-49-45(35-40)42-23-10-13-26-47(42)55(49)48-27-14-11-24-43(48)46-36-41(32-34-50(46)55)57(39-21-8-3-9-22-39)51-28-16-30-53-54(51)44-25-12-15-29-52(44)58-53/h1-36H. The van der Waals surface area contributed by atoms with Gasteiger partial charge in [-0.15, -0.1) is 0 Å². The van der Waals surface area contributed by atoms with Gasteiger partial charge < -0.3 is 14.2 Å². The predicted molar refractivity (Wildman–Crippen MR) is 239 cm³/mol. The number of rotatable bonds is 6. The number of furan rings is 1. The third kappa shape index (κ3) is 4.62. The molecule has 0 saturated carbocycles. The van der Waals surface area contributed by atoms with Crippen molar-refractivity contribution in [1.82, 2.24) is 0 Å².